The van der Waals surface area contributed by atoms with Crippen LogP contribution in [0.2, 0.25) is 0 Å². The monoisotopic (exact) mass is 301 g/mol. The van der Waals surface area contributed by atoms with Crippen molar-refractivity contribution in [1.82, 2.24) is 0 Å². The third-order valence-electron chi connectivity index (χ3n) is 6.04. The molecule has 4 saturated carbocycles. The first-order chi connectivity index (χ1) is 10.1. The Kier molecular flexibility index (Phi) is 3.04. The van der Waals surface area contributed by atoms with Crippen LogP contribution in [0.3, 0.4) is 0 Å². The lowest BCUT2D eigenvalue weighted by Gasteiger charge is -2.57. The van der Waals surface area contributed by atoms with Gasteiger partial charge in [-0.25, -0.2) is 0 Å². The minimum atomic E-state index is -0.261. The van der Waals surface area contributed by atoms with Gasteiger partial charge < -0.3 is 4.74 Å². The van der Waals surface area contributed by atoms with E-state index in [0.29, 0.717) is 5.56 Å². The standard InChI is InChI=1S/C18H21O2S/c1-20-16-3-2-14(17(19)21)7-15(16)18-8-11-4-12(9-18)6-13(5-11)10-18/h2-3,7,11-13H,4-6,8-10H2,1H3. The Morgan fingerprint density at radius 2 is 1.71 bits per heavy atom. The molecule has 21 heavy (non-hydrogen) atoms. The lowest BCUT2D eigenvalue weighted by atomic mass is 9.48. The average Bonchev–Trinajstić information content (AvgIpc) is 2.45. The molecular formula is C18H21O2S. The van der Waals surface area contributed by atoms with E-state index in [1.165, 1.54) is 44.1 Å². The van der Waals surface area contributed by atoms with Crippen LogP contribution in [0.5, 0.6) is 5.75 Å². The number of benzene rings is 1. The summed E-state index contributed by atoms with van der Waals surface area (Å²) in [4.78, 5) is 11.6. The molecule has 0 heterocycles. The Labute approximate surface area is 131 Å². The summed E-state index contributed by atoms with van der Waals surface area (Å²) in [6, 6.07) is 5.77. The van der Waals surface area contributed by atoms with Gasteiger partial charge in [0.05, 0.1) is 7.11 Å². The van der Waals surface area contributed by atoms with Gasteiger partial charge in [0.1, 0.15) is 5.75 Å². The second-order valence-electron chi connectivity index (χ2n) is 7.40. The summed E-state index contributed by atoms with van der Waals surface area (Å²) in [5, 5.41) is -0.261. The fourth-order valence-corrected chi connectivity index (χ4v) is 5.82. The van der Waals surface area contributed by atoms with Crippen LogP contribution in [-0.4, -0.2) is 12.2 Å². The molecule has 3 heteroatoms. The SMILES string of the molecule is COc1ccc(C(=O)[S])cc1C12CC3CC(CC(C3)C1)C2. The molecule has 111 valence electrons. The van der Waals surface area contributed by atoms with Gasteiger partial charge in [-0.2, -0.15) is 0 Å². The Bertz CT molecular complexity index is 558. The smallest absolute Gasteiger partial charge is 0.249 e. The van der Waals surface area contributed by atoms with Gasteiger partial charge in [-0.1, -0.05) is 0 Å². The third-order valence-corrected chi connectivity index (χ3v) is 6.28. The van der Waals surface area contributed by atoms with Gasteiger partial charge in [0, 0.05) is 11.1 Å². The summed E-state index contributed by atoms with van der Waals surface area (Å²) in [5.74, 6) is 3.58. The Morgan fingerprint density at radius 3 is 2.19 bits per heavy atom. The highest BCUT2D eigenvalue weighted by Crippen LogP contribution is 2.61. The van der Waals surface area contributed by atoms with Crippen molar-refractivity contribution in [2.45, 2.75) is 43.9 Å². The van der Waals surface area contributed by atoms with Crippen molar-refractivity contribution in [3.63, 3.8) is 0 Å². The molecule has 0 aromatic heterocycles. The Balaban J connectivity index is 1.81. The highest BCUT2D eigenvalue weighted by molar-refractivity contribution is 7.97. The highest BCUT2D eigenvalue weighted by Gasteiger charge is 2.52. The van der Waals surface area contributed by atoms with Crippen molar-refractivity contribution in [2.75, 3.05) is 7.11 Å². The number of methoxy groups -OCH3 is 1. The molecule has 1 aromatic rings. The fourth-order valence-electron chi connectivity index (χ4n) is 5.69. The zero-order valence-electron chi connectivity index (χ0n) is 12.4. The van der Waals surface area contributed by atoms with Gasteiger partial charge in [-0.05, 0) is 92.5 Å². The molecule has 0 spiro atoms. The van der Waals surface area contributed by atoms with Crippen molar-refractivity contribution in [2.24, 2.45) is 17.8 Å². The number of ether oxygens (including phenoxy) is 1. The summed E-state index contributed by atoms with van der Waals surface area (Å²) in [6.07, 6.45) is 8.06. The lowest BCUT2D eigenvalue weighted by molar-refractivity contribution is -0.00616. The summed E-state index contributed by atoms with van der Waals surface area (Å²) in [7, 11) is 1.73. The van der Waals surface area contributed by atoms with E-state index in [1.54, 1.807) is 13.2 Å². The van der Waals surface area contributed by atoms with Crippen LogP contribution < -0.4 is 4.74 Å². The first kappa shape index (κ1) is 13.6. The van der Waals surface area contributed by atoms with E-state index in [4.69, 9.17) is 17.4 Å². The molecule has 5 rings (SSSR count). The first-order valence-electron chi connectivity index (χ1n) is 7.99. The van der Waals surface area contributed by atoms with E-state index in [9.17, 15) is 4.79 Å². The van der Waals surface area contributed by atoms with Gasteiger partial charge in [0.15, 0.2) is 0 Å². The van der Waals surface area contributed by atoms with Crippen molar-refractivity contribution < 1.29 is 9.53 Å². The molecule has 4 fully saturated rings. The van der Waals surface area contributed by atoms with Crippen LogP contribution in [-0.2, 0) is 5.41 Å². The maximum absolute atomic E-state index is 11.6. The zero-order valence-corrected chi connectivity index (χ0v) is 13.2. The van der Waals surface area contributed by atoms with E-state index in [2.05, 4.69) is 0 Å². The summed E-state index contributed by atoms with van der Waals surface area (Å²) in [5.41, 5.74) is 2.14. The van der Waals surface area contributed by atoms with Crippen molar-refractivity contribution in [3.05, 3.63) is 29.3 Å². The number of carbonyl (C=O) groups excluding carboxylic acids is 1. The van der Waals surface area contributed by atoms with Crippen LogP contribution in [0.1, 0.15) is 54.4 Å². The number of carbonyl (C=O) groups is 1. The van der Waals surface area contributed by atoms with Gasteiger partial charge in [-0.15, -0.1) is 0 Å². The Hall–Kier alpha value is -1.09. The third kappa shape index (κ3) is 2.09. The van der Waals surface area contributed by atoms with Gasteiger partial charge in [0.2, 0.25) is 5.12 Å². The Morgan fingerprint density at radius 1 is 1.14 bits per heavy atom. The molecule has 4 bridgehead atoms. The molecule has 0 amide bonds. The first-order valence-corrected chi connectivity index (χ1v) is 8.40. The number of hydrogen-bond donors (Lipinski definition) is 0. The molecule has 0 N–H and O–H groups in total. The second-order valence-corrected chi connectivity index (χ2v) is 7.77. The van der Waals surface area contributed by atoms with E-state index in [-0.39, 0.29) is 10.5 Å². The van der Waals surface area contributed by atoms with Gasteiger partial charge in [0.25, 0.3) is 0 Å². The fraction of sp³-hybridized carbons (Fsp3) is 0.611. The molecule has 0 unspecified atom stereocenters. The molecule has 1 radical (unpaired) electrons. The quantitative estimate of drug-likeness (QED) is 0.821. The minimum Gasteiger partial charge on any atom is -0.496 e. The second kappa shape index (κ2) is 4.70. The average molecular weight is 301 g/mol. The normalized spacial score (nSPS) is 36.7. The topological polar surface area (TPSA) is 26.3 Å². The van der Waals surface area contributed by atoms with Gasteiger partial charge >= 0.3 is 0 Å². The highest BCUT2D eigenvalue weighted by atomic mass is 32.1. The molecule has 0 saturated heterocycles. The molecule has 0 aliphatic heterocycles. The molecule has 0 atom stereocenters. The maximum Gasteiger partial charge on any atom is 0.249 e. The zero-order chi connectivity index (χ0) is 14.6. The predicted octanol–water partition coefficient (Wildman–Crippen LogP) is 4.50. The van der Waals surface area contributed by atoms with E-state index < -0.39 is 0 Å². The molecule has 4 aliphatic rings. The molecule has 1 aromatic carbocycles. The van der Waals surface area contributed by atoms with Crippen LogP contribution in [0, 0.1) is 17.8 Å². The molecule has 4 aliphatic carbocycles. The summed E-state index contributed by atoms with van der Waals surface area (Å²) in [6.45, 7) is 0. The minimum absolute atomic E-state index is 0.237. The van der Waals surface area contributed by atoms with Crippen LogP contribution in [0.25, 0.3) is 0 Å². The number of hydrogen-bond acceptors (Lipinski definition) is 2. The predicted molar refractivity (Wildman–Crippen MR) is 84.8 cm³/mol. The maximum atomic E-state index is 11.6. The lowest BCUT2D eigenvalue weighted by Crippen LogP contribution is -2.48. The van der Waals surface area contributed by atoms with Crippen LogP contribution in [0.15, 0.2) is 18.2 Å². The van der Waals surface area contributed by atoms with Crippen LogP contribution in [0.4, 0.5) is 0 Å². The van der Waals surface area contributed by atoms with Crippen molar-refractivity contribution in [3.8, 4) is 5.75 Å². The van der Waals surface area contributed by atoms with Crippen molar-refractivity contribution >= 4 is 17.7 Å². The number of rotatable bonds is 3. The summed E-state index contributed by atoms with van der Waals surface area (Å²) < 4.78 is 5.62. The largest absolute Gasteiger partial charge is 0.496 e. The van der Waals surface area contributed by atoms with Crippen LogP contribution >= 0.6 is 12.6 Å². The van der Waals surface area contributed by atoms with Gasteiger partial charge in [-0.3, -0.25) is 4.79 Å². The van der Waals surface area contributed by atoms with E-state index in [1.807, 2.05) is 12.1 Å². The van der Waals surface area contributed by atoms with E-state index >= 15 is 0 Å². The molecule has 2 nitrogen and oxygen atoms in total. The summed E-state index contributed by atoms with van der Waals surface area (Å²) >= 11 is 4.85. The molecular weight excluding hydrogens is 280 g/mol. The van der Waals surface area contributed by atoms with Crippen molar-refractivity contribution in [1.29, 1.82) is 0 Å². The van der Waals surface area contributed by atoms with E-state index in [0.717, 1.165) is 23.5 Å².